The Morgan fingerprint density at radius 2 is 1.91 bits per heavy atom. The summed E-state index contributed by atoms with van der Waals surface area (Å²) in [5.41, 5.74) is 1.06. The van der Waals surface area contributed by atoms with Crippen molar-refractivity contribution < 1.29 is 9.53 Å². The number of benzene rings is 1. The molecular weight excluding hydrogens is 276 g/mol. The van der Waals surface area contributed by atoms with Gasteiger partial charge in [0.2, 0.25) is 5.91 Å². The second-order valence-corrected chi connectivity index (χ2v) is 5.89. The van der Waals surface area contributed by atoms with Crippen molar-refractivity contribution in [2.75, 3.05) is 32.8 Å². The lowest BCUT2D eigenvalue weighted by atomic mass is 9.96. The molecule has 1 aromatic carbocycles. The van der Waals surface area contributed by atoms with Gasteiger partial charge >= 0.3 is 0 Å². The monoisotopic (exact) mass is 304 g/mol. The third-order valence-corrected chi connectivity index (χ3v) is 4.24. The molecule has 1 amide bonds. The van der Waals surface area contributed by atoms with E-state index < -0.39 is 0 Å². The maximum absolute atomic E-state index is 12.4. The third kappa shape index (κ3) is 5.02. The largest absolute Gasteiger partial charge is 0.494 e. The van der Waals surface area contributed by atoms with Crippen LogP contribution in [0.5, 0.6) is 5.75 Å². The van der Waals surface area contributed by atoms with Crippen molar-refractivity contribution in [1.82, 2.24) is 10.2 Å². The van der Waals surface area contributed by atoms with Crippen LogP contribution in [0.2, 0.25) is 0 Å². The first-order chi connectivity index (χ1) is 10.7. The second-order valence-electron chi connectivity index (χ2n) is 5.89. The summed E-state index contributed by atoms with van der Waals surface area (Å²) in [6.45, 7) is 8.67. The lowest BCUT2D eigenvalue weighted by molar-refractivity contribution is -0.131. The highest BCUT2D eigenvalue weighted by molar-refractivity contribution is 5.78. The van der Waals surface area contributed by atoms with E-state index in [1.807, 2.05) is 36.1 Å². The van der Waals surface area contributed by atoms with E-state index in [0.29, 0.717) is 13.0 Å². The minimum absolute atomic E-state index is 0.242. The topological polar surface area (TPSA) is 41.6 Å². The molecule has 1 saturated heterocycles. The summed E-state index contributed by atoms with van der Waals surface area (Å²) in [5, 5.41) is 3.40. The van der Waals surface area contributed by atoms with Crippen LogP contribution in [0.1, 0.15) is 32.3 Å². The number of carbonyl (C=O) groups excluding carboxylic acids is 1. The van der Waals surface area contributed by atoms with E-state index in [1.165, 1.54) is 0 Å². The molecular formula is C18H28N2O2. The van der Waals surface area contributed by atoms with Crippen LogP contribution >= 0.6 is 0 Å². The summed E-state index contributed by atoms with van der Waals surface area (Å²) in [7, 11) is 0. The predicted octanol–water partition coefficient (Wildman–Crippen LogP) is 2.48. The Morgan fingerprint density at radius 3 is 2.50 bits per heavy atom. The van der Waals surface area contributed by atoms with Crippen LogP contribution in [0.25, 0.3) is 0 Å². The van der Waals surface area contributed by atoms with E-state index in [1.54, 1.807) is 0 Å². The van der Waals surface area contributed by atoms with Gasteiger partial charge in [-0.3, -0.25) is 4.79 Å². The summed E-state index contributed by atoms with van der Waals surface area (Å²) in [6, 6.07) is 7.85. The molecule has 0 spiro atoms. The van der Waals surface area contributed by atoms with E-state index in [-0.39, 0.29) is 5.91 Å². The number of nitrogens with one attached hydrogen (secondary N) is 1. The minimum atomic E-state index is 0.242. The molecule has 0 saturated carbocycles. The maximum Gasteiger partial charge on any atom is 0.226 e. The fourth-order valence-corrected chi connectivity index (χ4v) is 2.89. The lowest BCUT2D eigenvalue weighted by Gasteiger charge is -2.32. The van der Waals surface area contributed by atoms with Crippen molar-refractivity contribution in [2.24, 2.45) is 5.92 Å². The van der Waals surface area contributed by atoms with E-state index in [9.17, 15) is 4.79 Å². The first kappa shape index (κ1) is 16.8. The molecule has 0 atom stereocenters. The van der Waals surface area contributed by atoms with Crippen molar-refractivity contribution in [1.29, 1.82) is 0 Å². The summed E-state index contributed by atoms with van der Waals surface area (Å²) in [6.07, 6.45) is 2.72. The van der Waals surface area contributed by atoms with Crippen LogP contribution < -0.4 is 10.1 Å². The van der Waals surface area contributed by atoms with Gasteiger partial charge in [-0.2, -0.15) is 0 Å². The van der Waals surface area contributed by atoms with Gasteiger partial charge in [0.15, 0.2) is 0 Å². The lowest BCUT2D eigenvalue weighted by Crippen LogP contribution is -2.41. The molecule has 1 aliphatic heterocycles. The zero-order valence-electron chi connectivity index (χ0n) is 13.8. The van der Waals surface area contributed by atoms with Crippen molar-refractivity contribution in [3.8, 4) is 5.75 Å². The van der Waals surface area contributed by atoms with Crippen molar-refractivity contribution >= 4 is 5.91 Å². The molecule has 0 unspecified atom stereocenters. The SMILES string of the molecule is CCNCC1CCN(C(=O)Cc2ccc(OCC)cc2)CC1. The highest BCUT2D eigenvalue weighted by atomic mass is 16.5. The van der Waals surface area contributed by atoms with E-state index in [2.05, 4.69) is 12.2 Å². The highest BCUT2D eigenvalue weighted by Crippen LogP contribution is 2.18. The number of nitrogens with zero attached hydrogens (tertiary/aromatic N) is 1. The molecule has 1 aromatic rings. The molecule has 0 bridgehead atoms. The van der Waals surface area contributed by atoms with Crippen LogP contribution in [0.3, 0.4) is 0 Å². The van der Waals surface area contributed by atoms with Gasteiger partial charge in [-0.25, -0.2) is 0 Å². The van der Waals surface area contributed by atoms with E-state index in [4.69, 9.17) is 4.74 Å². The molecule has 0 aromatic heterocycles. The standard InChI is InChI=1S/C18H28N2O2/c1-3-19-14-16-9-11-20(12-10-16)18(21)13-15-5-7-17(8-6-15)22-4-2/h5-8,16,19H,3-4,9-14H2,1-2H3. The molecule has 4 heteroatoms. The van der Waals surface area contributed by atoms with Gasteiger partial charge in [-0.15, -0.1) is 0 Å². The number of hydrogen-bond donors (Lipinski definition) is 1. The minimum Gasteiger partial charge on any atom is -0.494 e. The zero-order chi connectivity index (χ0) is 15.8. The first-order valence-corrected chi connectivity index (χ1v) is 8.43. The molecule has 1 heterocycles. The fraction of sp³-hybridized carbons (Fsp3) is 0.611. The molecule has 22 heavy (non-hydrogen) atoms. The Kier molecular flexibility index (Phi) is 6.72. The first-order valence-electron chi connectivity index (χ1n) is 8.43. The number of piperidine rings is 1. The van der Waals surface area contributed by atoms with E-state index >= 15 is 0 Å². The quantitative estimate of drug-likeness (QED) is 0.841. The number of carbonyl (C=O) groups is 1. The number of rotatable bonds is 7. The molecule has 0 aliphatic carbocycles. The predicted molar refractivity (Wildman–Crippen MR) is 89.2 cm³/mol. The van der Waals surface area contributed by atoms with Crippen LogP contribution in [-0.4, -0.2) is 43.6 Å². The van der Waals surface area contributed by atoms with Gasteiger partial charge in [-0.1, -0.05) is 19.1 Å². The Hall–Kier alpha value is -1.55. The molecule has 1 fully saturated rings. The molecule has 122 valence electrons. The summed E-state index contributed by atoms with van der Waals surface area (Å²) in [4.78, 5) is 14.4. The fourth-order valence-electron chi connectivity index (χ4n) is 2.89. The Balaban J connectivity index is 1.78. The van der Waals surface area contributed by atoms with Crippen LogP contribution in [-0.2, 0) is 11.2 Å². The van der Waals surface area contributed by atoms with Gasteiger partial charge in [0, 0.05) is 13.1 Å². The maximum atomic E-state index is 12.4. The normalized spacial score (nSPS) is 15.8. The molecule has 1 N–H and O–H groups in total. The van der Waals surface area contributed by atoms with Gasteiger partial charge in [0.25, 0.3) is 0 Å². The average molecular weight is 304 g/mol. The van der Waals surface area contributed by atoms with Crippen LogP contribution in [0, 0.1) is 5.92 Å². The van der Waals surface area contributed by atoms with Crippen molar-refractivity contribution in [3.63, 3.8) is 0 Å². The van der Waals surface area contributed by atoms with Crippen LogP contribution in [0.4, 0.5) is 0 Å². The van der Waals surface area contributed by atoms with Gasteiger partial charge in [-0.05, 0) is 56.5 Å². The molecule has 0 radical (unpaired) electrons. The van der Waals surface area contributed by atoms with Gasteiger partial charge < -0.3 is 15.0 Å². The van der Waals surface area contributed by atoms with Gasteiger partial charge in [0.05, 0.1) is 13.0 Å². The van der Waals surface area contributed by atoms with Crippen molar-refractivity contribution in [2.45, 2.75) is 33.1 Å². The van der Waals surface area contributed by atoms with Gasteiger partial charge in [0.1, 0.15) is 5.75 Å². The Bertz CT molecular complexity index is 451. The number of likely N-dealkylation sites (tertiary alicyclic amines) is 1. The highest BCUT2D eigenvalue weighted by Gasteiger charge is 2.22. The summed E-state index contributed by atoms with van der Waals surface area (Å²) >= 11 is 0. The van der Waals surface area contributed by atoms with Crippen molar-refractivity contribution in [3.05, 3.63) is 29.8 Å². The molecule has 4 nitrogen and oxygen atoms in total. The Morgan fingerprint density at radius 1 is 1.23 bits per heavy atom. The molecule has 2 rings (SSSR count). The number of ether oxygens (including phenoxy) is 1. The van der Waals surface area contributed by atoms with Crippen LogP contribution in [0.15, 0.2) is 24.3 Å². The molecule has 1 aliphatic rings. The second kappa shape index (κ2) is 8.79. The summed E-state index contributed by atoms with van der Waals surface area (Å²) in [5.74, 6) is 1.82. The third-order valence-electron chi connectivity index (χ3n) is 4.24. The number of hydrogen-bond acceptors (Lipinski definition) is 3. The smallest absolute Gasteiger partial charge is 0.226 e. The average Bonchev–Trinajstić information content (AvgIpc) is 2.55. The van der Waals surface area contributed by atoms with E-state index in [0.717, 1.165) is 56.3 Å². The number of amides is 1. The zero-order valence-corrected chi connectivity index (χ0v) is 13.8. The summed E-state index contributed by atoms with van der Waals surface area (Å²) < 4.78 is 5.42. The Labute approximate surface area is 133 Å².